The Labute approximate surface area is 143 Å². The molecule has 5 rings (SSSR count). The Morgan fingerprint density at radius 3 is 2.68 bits per heavy atom. The van der Waals surface area contributed by atoms with E-state index in [9.17, 15) is 4.39 Å². The topological polar surface area (TPSA) is 84.1 Å². The van der Waals surface area contributed by atoms with Crippen LogP contribution in [0.3, 0.4) is 0 Å². The van der Waals surface area contributed by atoms with Gasteiger partial charge in [-0.3, -0.25) is 0 Å². The minimum Gasteiger partial charge on any atom is -0.354 e. The first-order chi connectivity index (χ1) is 12.3. The van der Waals surface area contributed by atoms with Crippen molar-refractivity contribution in [3.63, 3.8) is 0 Å². The van der Waals surface area contributed by atoms with Gasteiger partial charge in [0.25, 0.3) is 0 Å². The molecule has 1 saturated heterocycles. The summed E-state index contributed by atoms with van der Waals surface area (Å²) in [5.41, 5.74) is 0.804. The van der Waals surface area contributed by atoms with Gasteiger partial charge < -0.3 is 10.2 Å². The summed E-state index contributed by atoms with van der Waals surface area (Å²) in [6.45, 7) is 2.57. The van der Waals surface area contributed by atoms with Crippen LogP contribution in [0.15, 0.2) is 24.5 Å². The van der Waals surface area contributed by atoms with Gasteiger partial charge in [0.15, 0.2) is 17.3 Å². The van der Waals surface area contributed by atoms with Crippen molar-refractivity contribution >= 4 is 17.4 Å². The van der Waals surface area contributed by atoms with E-state index >= 15 is 0 Å². The first kappa shape index (κ1) is 14.5. The van der Waals surface area contributed by atoms with Gasteiger partial charge in [-0.2, -0.15) is 4.52 Å². The monoisotopic (exact) mass is 340 g/mol. The number of halogens is 1. The van der Waals surface area contributed by atoms with E-state index in [4.69, 9.17) is 5.10 Å². The van der Waals surface area contributed by atoms with E-state index < -0.39 is 5.82 Å². The second kappa shape index (κ2) is 5.61. The lowest BCUT2D eigenvalue weighted by Gasteiger charge is -2.40. The number of fused-ring (bicyclic) bond motifs is 1. The zero-order valence-corrected chi connectivity index (χ0v) is 13.5. The minimum absolute atomic E-state index is 0.429. The molecule has 0 bridgehead atoms. The average Bonchev–Trinajstić information content (AvgIpc) is 3.34. The predicted octanol–water partition coefficient (Wildman–Crippen LogP) is 1.48. The molecule has 0 radical (unpaired) electrons. The van der Waals surface area contributed by atoms with Crippen molar-refractivity contribution in [3.8, 4) is 0 Å². The van der Waals surface area contributed by atoms with Crippen LogP contribution in [-0.2, 0) is 0 Å². The fourth-order valence-electron chi connectivity index (χ4n) is 3.09. The Bertz CT molecular complexity index is 898. The molecule has 0 unspecified atom stereocenters. The molecule has 1 aliphatic heterocycles. The number of hydrogen-bond donors (Lipinski definition) is 1. The van der Waals surface area contributed by atoms with Crippen LogP contribution in [0.4, 0.5) is 16.2 Å². The second-order valence-corrected chi connectivity index (χ2v) is 6.67. The minimum atomic E-state index is -0.429. The lowest BCUT2D eigenvalue weighted by atomic mass is 10.0. The molecular formula is C16H17FN8. The summed E-state index contributed by atoms with van der Waals surface area (Å²) in [6, 6.07) is 3.96. The Balaban J connectivity index is 1.22. The molecule has 9 heteroatoms. The lowest BCUT2D eigenvalue weighted by molar-refractivity contribution is 0.424. The first-order valence-corrected chi connectivity index (χ1v) is 8.45. The molecule has 2 aliphatic rings. The second-order valence-electron chi connectivity index (χ2n) is 6.67. The number of anilines is 2. The number of hydrogen-bond acceptors (Lipinski definition) is 7. The van der Waals surface area contributed by atoms with Crippen molar-refractivity contribution in [2.45, 2.75) is 18.8 Å². The molecule has 2 fully saturated rings. The third-order valence-corrected chi connectivity index (χ3v) is 4.67. The van der Waals surface area contributed by atoms with Crippen molar-refractivity contribution in [1.82, 2.24) is 29.8 Å². The maximum Gasteiger partial charge on any atom is 0.222 e. The maximum absolute atomic E-state index is 12.8. The number of nitrogens with zero attached hydrogens (tertiary/aromatic N) is 7. The fourth-order valence-corrected chi connectivity index (χ4v) is 3.09. The van der Waals surface area contributed by atoms with Crippen LogP contribution >= 0.6 is 0 Å². The van der Waals surface area contributed by atoms with Crippen LogP contribution in [0, 0.1) is 11.7 Å². The number of rotatable bonds is 5. The third-order valence-electron chi connectivity index (χ3n) is 4.67. The Kier molecular flexibility index (Phi) is 3.25. The van der Waals surface area contributed by atoms with Crippen LogP contribution in [0.5, 0.6) is 0 Å². The normalized spacial score (nSPS) is 17.7. The molecule has 3 aromatic heterocycles. The van der Waals surface area contributed by atoms with Gasteiger partial charge in [0.05, 0.1) is 12.4 Å². The van der Waals surface area contributed by atoms with E-state index in [1.54, 1.807) is 0 Å². The molecule has 0 aromatic carbocycles. The van der Waals surface area contributed by atoms with E-state index in [2.05, 4.69) is 30.4 Å². The summed E-state index contributed by atoms with van der Waals surface area (Å²) >= 11 is 0. The Hall–Kier alpha value is -2.84. The zero-order valence-electron chi connectivity index (χ0n) is 13.5. The van der Waals surface area contributed by atoms with Gasteiger partial charge in [-0.15, -0.1) is 15.3 Å². The van der Waals surface area contributed by atoms with Gasteiger partial charge in [-0.05, 0) is 25.0 Å². The molecule has 1 saturated carbocycles. The van der Waals surface area contributed by atoms with E-state index in [1.165, 1.54) is 12.8 Å². The Morgan fingerprint density at radius 2 is 1.92 bits per heavy atom. The van der Waals surface area contributed by atoms with Crippen molar-refractivity contribution in [3.05, 3.63) is 36.2 Å². The molecule has 0 amide bonds. The van der Waals surface area contributed by atoms with Gasteiger partial charge in [0.1, 0.15) is 5.82 Å². The largest absolute Gasteiger partial charge is 0.354 e. The summed E-state index contributed by atoms with van der Waals surface area (Å²) < 4.78 is 14.7. The predicted molar refractivity (Wildman–Crippen MR) is 88.9 cm³/mol. The maximum atomic E-state index is 12.8. The molecule has 8 nitrogen and oxygen atoms in total. The smallest absolute Gasteiger partial charge is 0.222 e. The highest BCUT2D eigenvalue weighted by Crippen LogP contribution is 2.38. The average molecular weight is 340 g/mol. The molecule has 128 valence electrons. The van der Waals surface area contributed by atoms with Crippen molar-refractivity contribution in [1.29, 1.82) is 0 Å². The van der Waals surface area contributed by atoms with E-state index in [0.29, 0.717) is 17.8 Å². The van der Waals surface area contributed by atoms with E-state index in [1.807, 2.05) is 16.6 Å². The standard InChI is InChI=1S/C16H17FN8/c17-12-6-19-16(20-7-12)18-5-10-8-24(9-10)14-4-3-13-21-22-15(11-1-2-11)25(13)23-14/h3-4,6-7,10-11H,1-2,5,8-9H2,(H,18,19,20). The quantitative estimate of drug-likeness (QED) is 0.753. The van der Waals surface area contributed by atoms with Gasteiger partial charge in [0, 0.05) is 31.5 Å². The highest BCUT2D eigenvalue weighted by Gasteiger charge is 2.31. The van der Waals surface area contributed by atoms with Crippen LogP contribution in [0.1, 0.15) is 24.6 Å². The first-order valence-electron chi connectivity index (χ1n) is 8.45. The van der Waals surface area contributed by atoms with Crippen LogP contribution in [-0.4, -0.2) is 49.4 Å². The van der Waals surface area contributed by atoms with Gasteiger partial charge in [-0.25, -0.2) is 14.4 Å². The molecule has 1 N–H and O–H groups in total. The zero-order chi connectivity index (χ0) is 16.8. The fraction of sp³-hybridized carbons (Fsp3) is 0.438. The van der Waals surface area contributed by atoms with Gasteiger partial charge in [-0.1, -0.05) is 0 Å². The summed E-state index contributed by atoms with van der Waals surface area (Å²) in [4.78, 5) is 10.0. The molecule has 0 spiro atoms. The number of nitrogens with one attached hydrogen (secondary N) is 1. The molecule has 1 aliphatic carbocycles. The summed E-state index contributed by atoms with van der Waals surface area (Å²) in [7, 11) is 0. The number of aromatic nitrogens is 6. The molecular weight excluding hydrogens is 323 g/mol. The van der Waals surface area contributed by atoms with Gasteiger partial charge >= 0.3 is 0 Å². The molecule has 0 atom stereocenters. The summed E-state index contributed by atoms with van der Waals surface area (Å²) in [6.07, 6.45) is 4.68. The van der Waals surface area contributed by atoms with Gasteiger partial charge in [0.2, 0.25) is 5.95 Å². The molecule has 3 aromatic rings. The van der Waals surface area contributed by atoms with E-state index in [-0.39, 0.29) is 0 Å². The van der Waals surface area contributed by atoms with Crippen LogP contribution in [0.25, 0.3) is 5.65 Å². The lowest BCUT2D eigenvalue weighted by Crippen LogP contribution is -2.50. The highest BCUT2D eigenvalue weighted by atomic mass is 19.1. The summed E-state index contributed by atoms with van der Waals surface area (Å²) in [5.74, 6) is 2.95. The van der Waals surface area contributed by atoms with Crippen molar-refractivity contribution in [2.75, 3.05) is 29.9 Å². The van der Waals surface area contributed by atoms with Crippen molar-refractivity contribution < 1.29 is 4.39 Å². The summed E-state index contributed by atoms with van der Waals surface area (Å²) in [5, 5.41) is 16.3. The SMILES string of the molecule is Fc1cnc(NCC2CN(c3ccc4nnc(C5CC5)n4n3)C2)nc1. The third kappa shape index (κ3) is 2.75. The van der Waals surface area contributed by atoms with Crippen molar-refractivity contribution in [2.24, 2.45) is 5.92 Å². The molecule has 4 heterocycles. The van der Waals surface area contributed by atoms with Crippen LogP contribution < -0.4 is 10.2 Å². The Morgan fingerprint density at radius 1 is 1.12 bits per heavy atom. The van der Waals surface area contributed by atoms with Crippen LogP contribution in [0.2, 0.25) is 0 Å². The highest BCUT2D eigenvalue weighted by molar-refractivity contribution is 5.48. The molecule has 25 heavy (non-hydrogen) atoms. The van der Waals surface area contributed by atoms with E-state index in [0.717, 1.165) is 49.3 Å².